The molecule has 0 saturated heterocycles. The Kier molecular flexibility index (Phi) is 5.09. The molecule has 2 aromatic carbocycles. The number of rotatable bonds is 5. The molecule has 0 radical (unpaired) electrons. The van der Waals surface area contributed by atoms with E-state index in [1.54, 1.807) is 29.3 Å². The molecule has 0 bridgehead atoms. The van der Waals surface area contributed by atoms with Crippen molar-refractivity contribution < 1.29 is 22.7 Å². The van der Waals surface area contributed by atoms with E-state index in [0.29, 0.717) is 29.6 Å². The minimum Gasteiger partial charge on any atom is -0.505 e. The van der Waals surface area contributed by atoms with Crippen molar-refractivity contribution in [3.63, 3.8) is 0 Å². The summed E-state index contributed by atoms with van der Waals surface area (Å²) in [6, 6.07) is 7.84. The molecule has 3 aromatic rings. The van der Waals surface area contributed by atoms with Gasteiger partial charge in [-0.3, -0.25) is 14.1 Å². The van der Waals surface area contributed by atoms with Crippen molar-refractivity contribution in [1.82, 2.24) is 9.88 Å². The molecule has 7 nitrogen and oxygen atoms in total. The lowest BCUT2D eigenvalue weighted by Gasteiger charge is -2.23. The summed E-state index contributed by atoms with van der Waals surface area (Å²) in [6.45, 7) is 2.44. The van der Waals surface area contributed by atoms with E-state index in [1.165, 1.54) is 19.2 Å². The van der Waals surface area contributed by atoms with Crippen LogP contribution in [0.15, 0.2) is 36.5 Å². The average Bonchev–Trinajstić information content (AvgIpc) is 3.05. The van der Waals surface area contributed by atoms with Gasteiger partial charge in [0.1, 0.15) is 11.3 Å². The number of fused-ring (bicyclic) bond motifs is 2. The fourth-order valence-electron chi connectivity index (χ4n) is 3.94. The third-order valence-electron chi connectivity index (χ3n) is 5.61. The molecule has 0 aliphatic carbocycles. The van der Waals surface area contributed by atoms with Crippen LogP contribution in [0, 0.1) is 5.82 Å². The number of benzene rings is 2. The number of nitrogens with zero attached hydrogens (tertiary/aromatic N) is 3. The Hall–Kier alpha value is -3.20. The van der Waals surface area contributed by atoms with Crippen LogP contribution in [0.25, 0.3) is 10.9 Å². The number of carbonyl (C=O) groups is 1. The van der Waals surface area contributed by atoms with E-state index < -0.39 is 10.0 Å². The molecule has 0 fully saturated rings. The van der Waals surface area contributed by atoms with Crippen LogP contribution in [-0.4, -0.2) is 49.2 Å². The maximum absolute atomic E-state index is 13.2. The van der Waals surface area contributed by atoms with Gasteiger partial charge in [0.15, 0.2) is 5.75 Å². The normalized spacial score (nSPS) is 13.7. The van der Waals surface area contributed by atoms with Crippen molar-refractivity contribution in [1.29, 1.82) is 0 Å². The number of phenolic OH excluding ortho intramolecular Hbond substituents is 1. The predicted octanol–water partition coefficient (Wildman–Crippen LogP) is 3.04. The first-order valence-electron chi connectivity index (χ1n) is 9.75. The Morgan fingerprint density at radius 1 is 1.23 bits per heavy atom. The standard InChI is InChI=1S/C22H22FN3O4S/c1-4-26-12-17-18(22(26)28)21(27)19-16(20(17)25(2)31(3,29)30)10-14(11-24-19)9-13-5-7-15(23)8-6-13/h5-8,10-11,27H,4,9,12H2,1-3H3. The minimum atomic E-state index is -3.65. The summed E-state index contributed by atoms with van der Waals surface area (Å²) >= 11 is 0. The summed E-state index contributed by atoms with van der Waals surface area (Å²) in [5.74, 6) is -0.926. The molecule has 31 heavy (non-hydrogen) atoms. The van der Waals surface area contributed by atoms with Gasteiger partial charge < -0.3 is 10.0 Å². The van der Waals surface area contributed by atoms with E-state index in [9.17, 15) is 22.7 Å². The maximum Gasteiger partial charge on any atom is 0.258 e. The second-order valence-electron chi connectivity index (χ2n) is 7.64. The Morgan fingerprint density at radius 3 is 2.52 bits per heavy atom. The molecule has 1 amide bonds. The van der Waals surface area contributed by atoms with Gasteiger partial charge in [0.2, 0.25) is 10.0 Å². The third-order valence-corrected chi connectivity index (χ3v) is 6.79. The van der Waals surface area contributed by atoms with Gasteiger partial charge in [-0.2, -0.15) is 0 Å². The zero-order valence-corrected chi connectivity index (χ0v) is 18.2. The zero-order chi connectivity index (χ0) is 22.5. The molecule has 1 aromatic heterocycles. The third kappa shape index (κ3) is 3.59. The molecule has 1 aliphatic rings. The predicted molar refractivity (Wildman–Crippen MR) is 116 cm³/mol. The zero-order valence-electron chi connectivity index (χ0n) is 17.4. The summed E-state index contributed by atoms with van der Waals surface area (Å²) in [5.41, 5.74) is 2.68. The topological polar surface area (TPSA) is 90.8 Å². The van der Waals surface area contributed by atoms with Gasteiger partial charge in [0.05, 0.1) is 17.5 Å². The van der Waals surface area contributed by atoms with Gasteiger partial charge in [-0.15, -0.1) is 0 Å². The summed E-state index contributed by atoms with van der Waals surface area (Å²) < 4.78 is 39.2. The number of pyridine rings is 1. The van der Waals surface area contributed by atoms with Crippen molar-refractivity contribution in [2.75, 3.05) is 24.2 Å². The van der Waals surface area contributed by atoms with Crippen molar-refractivity contribution >= 4 is 32.5 Å². The first kappa shape index (κ1) is 21.0. The molecule has 0 saturated carbocycles. The summed E-state index contributed by atoms with van der Waals surface area (Å²) in [6.07, 6.45) is 3.10. The molecular formula is C22H22FN3O4S. The first-order chi connectivity index (χ1) is 14.6. The summed E-state index contributed by atoms with van der Waals surface area (Å²) in [4.78, 5) is 18.7. The largest absolute Gasteiger partial charge is 0.505 e. The van der Waals surface area contributed by atoms with Crippen LogP contribution >= 0.6 is 0 Å². The first-order valence-corrected chi connectivity index (χ1v) is 11.6. The van der Waals surface area contributed by atoms with E-state index in [4.69, 9.17) is 0 Å². The molecule has 0 unspecified atom stereocenters. The van der Waals surface area contributed by atoms with E-state index in [-0.39, 0.29) is 35.1 Å². The molecule has 0 spiro atoms. The molecule has 162 valence electrons. The summed E-state index contributed by atoms with van der Waals surface area (Å²) in [5, 5.41) is 11.3. The van der Waals surface area contributed by atoms with Gasteiger partial charge in [-0.1, -0.05) is 12.1 Å². The van der Waals surface area contributed by atoms with Crippen LogP contribution in [0.4, 0.5) is 10.1 Å². The number of carbonyl (C=O) groups excluding carboxylic acids is 1. The smallest absolute Gasteiger partial charge is 0.258 e. The quantitative estimate of drug-likeness (QED) is 0.655. The lowest BCUT2D eigenvalue weighted by Crippen LogP contribution is -2.26. The lowest BCUT2D eigenvalue weighted by atomic mass is 9.98. The highest BCUT2D eigenvalue weighted by atomic mass is 32.2. The van der Waals surface area contributed by atoms with Gasteiger partial charge in [-0.25, -0.2) is 12.8 Å². The highest BCUT2D eigenvalue weighted by molar-refractivity contribution is 7.92. The highest BCUT2D eigenvalue weighted by Gasteiger charge is 2.36. The van der Waals surface area contributed by atoms with E-state index in [0.717, 1.165) is 21.7 Å². The molecular weight excluding hydrogens is 421 g/mol. The van der Waals surface area contributed by atoms with Crippen molar-refractivity contribution in [3.05, 3.63) is 64.6 Å². The summed E-state index contributed by atoms with van der Waals surface area (Å²) in [7, 11) is -2.22. The SMILES string of the molecule is CCN1Cc2c(c(O)c3ncc(Cc4ccc(F)cc4)cc3c2N(C)S(C)(=O)=O)C1=O. The minimum absolute atomic E-state index is 0.0960. The lowest BCUT2D eigenvalue weighted by molar-refractivity contribution is 0.0785. The molecule has 2 heterocycles. The number of hydrogen-bond donors (Lipinski definition) is 1. The van der Waals surface area contributed by atoms with Gasteiger partial charge >= 0.3 is 0 Å². The van der Waals surface area contributed by atoms with Gasteiger partial charge in [0, 0.05) is 37.3 Å². The number of sulfonamides is 1. The fourth-order valence-corrected chi connectivity index (χ4v) is 4.48. The van der Waals surface area contributed by atoms with E-state index >= 15 is 0 Å². The van der Waals surface area contributed by atoms with Crippen LogP contribution < -0.4 is 4.31 Å². The number of halogens is 1. The van der Waals surface area contributed by atoms with Crippen LogP contribution in [-0.2, 0) is 23.0 Å². The Labute approximate surface area is 179 Å². The van der Waals surface area contributed by atoms with Gasteiger partial charge in [0.25, 0.3) is 5.91 Å². The molecule has 0 atom stereocenters. The monoisotopic (exact) mass is 443 g/mol. The number of aromatic hydroxyl groups is 1. The van der Waals surface area contributed by atoms with E-state index in [1.807, 2.05) is 6.92 Å². The fraction of sp³-hybridized carbons (Fsp3) is 0.273. The Morgan fingerprint density at radius 2 is 1.90 bits per heavy atom. The second-order valence-corrected chi connectivity index (χ2v) is 9.66. The van der Waals surface area contributed by atoms with Gasteiger partial charge in [-0.05, 0) is 42.7 Å². The molecule has 1 aliphatic heterocycles. The molecule has 4 rings (SSSR count). The number of anilines is 1. The number of phenols is 1. The second kappa shape index (κ2) is 7.49. The number of hydrogen-bond acceptors (Lipinski definition) is 5. The van der Waals surface area contributed by atoms with E-state index in [2.05, 4.69) is 4.98 Å². The highest BCUT2D eigenvalue weighted by Crippen LogP contribution is 2.44. The van der Waals surface area contributed by atoms with Crippen LogP contribution in [0.1, 0.15) is 34.0 Å². The Balaban J connectivity index is 1.96. The van der Waals surface area contributed by atoms with Crippen LogP contribution in [0.3, 0.4) is 0 Å². The van der Waals surface area contributed by atoms with Crippen LogP contribution in [0.5, 0.6) is 5.75 Å². The molecule has 9 heteroatoms. The van der Waals surface area contributed by atoms with Crippen molar-refractivity contribution in [2.45, 2.75) is 19.9 Å². The maximum atomic E-state index is 13.2. The number of aromatic nitrogens is 1. The average molecular weight is 444 g/mol. The Bertz CT molecular complexity index is 1310. The van der Waals surface area contributed by atoms with Crippen molar-refractivity contribution in [3.8, 4) is 5.75 Å². The molecule has 1 N–H and O–H groups in total. The number of amides is 1. The van der Waals surface area contributed by atoms with Crippen molar-refractivity contribution in [2.24, 2.45) is 0 Å². The van der Waals surface area contributed by atoms with Crippen LogP contribution in [0.2, 0.25) is 0 Å².